The van der Waals surface area contributed by atoms with Gasteiger partial charge >= 0.3 is 0 Å². The summed E-state index contributed by atoms with van der Waals surface area (Å²) in [7, 11) is -3.85. The fourth-order valence-electron chi connectivity index (χ4n) is 3.30. The molecule has 1 aromatic heterocycles. The van der Waals surface area contributed by atoms with Crippen LogP contribution in [0.3, 0.4) is 0 Å². The van der Waals surface area contributed by atoms with Gasteiger partial charge in [0.1, 0.15) is 0 Å². The van der Waals surface area contributed by atoms with Gasteiger partial charge in [-0.1, -0.05) is 41.0 Å². The number of benzene rings is 3. The minimum atomic E-state index is -3.85. The third-order valence-corrected chi connectivity index (χ3v) is 7.46. The van der Waals surface area contributed by atoms with Crippen molar-refractivity contribution in [3.63, 3.8) is 0 Å². The predicted octanol–water partition coefficient (Wildman–Crippen LogP) is 4.09. The fourth-order valence-corrected chi connectivity index (χ4v) is 5.41. The molecule has 0 aliphatic carbocycles. The van der Waals surface area contributed by atoms with E-state index in [0.29, 0.717) is 10.2 Å². The molecule has 0 aliphatic heterocycles. The Hall–Kier alpha value is -4.27. The maximum atomic E-state index is 12.9. The van der Waals surface area contributed by atoms with E-state index >= 15 is 0 Å². The van der Waals surface area contributed by atoms with Crippen molar-refractivity contribution in [3.8, 4) is 12.3 Å². The Bertz CT molecular complexity index is 1680. The van der Waals surface area contributed by atoms with E-state index in [1.54, 1.807) is 28.8 Å². The number of anilines is 1. The van der Waals surface area contributed by atoms with Crippen molar-refractivity contribution >= 4 is 48.9 Å². The largest absolute Gasteiger partial charge is 0.305 e. The van der Waals surface area contributed by atoms with Gasteiger partial charge in [-0.05, 0) is 43.3 Å². The minimum absolute atomic E-state index is 0.0851. The maximum Gasteiger partial charge on any atom is 0.279 e. The SMILES string of the molecule is C#CCn1c(=NC(=O)c2cccc(NS(=O)(=O)c3ccc(C)cc3)c2)sc2cc([N+](=O)[O-])ccc21. The molecular formula is C24H18N4O5S2. The Kier molecular flexibility index (Phi) is 6.50. The topological polar surface area (TPSA) is 124 Å². The van der Waals surface area contributed by atoms with E-state index in [1.165, 1.54) is 42.5 Å². The van der Waals surface area contributed by atoms with Crippen molar-refractivity contribution in [3.05, 3.63) is 92.8 Å². The third-order valence-electron chi connectivity index (χ3n) is 5.02. The first-order chi connectivity index (χ1) is 16.7. The van der Waals surface area contributed by atoms with E-state index in [0.717, 1.165) is 16.9 Å². The molecule has 0 fully saturated rings. The average Bonchev–Trinajstić information content (AvgIpc) is 3.15. The number of carbonyl (C=O) groups is 1. The molecule has 0 saturated heterocycles. The number of nitro groups is 1. The molecule has 1 amide bonds. The molecule has 1 heterocycles. The first kappa shape index (κ1) is 23.9. The molecule has 11 heteroatoms. The molecule has 1 N–H and O–H groups in total. The molecule has 0 radical (unpaired) electrons. The Morgan fingerprint density at radius 3 is 2.60 bits per heavy atom. The summed E-state index contributed by atoms with van der Waals surface area (Å²) in [6, 6.07) is 16.7. The Labute approximate surface area is 204 Å². The first-order valence-electron chi connectivity index (χ1n) is 10.2. The molecule has 4 rings (SSSR count). The van der Waals surface area contributed by atoms with Crippen LogP contribution < -0.4 is 9.52 Å². The van der Waals surface area contributed by atoms with Gasteiger partial charge in [-0.3, -0.25) is 19.6 Å². The highest BCUT2D eigenvalue weighted by Gasteiger charge is 2.16. The molecule has 176 valence electrons. The Morgan fingerprint density at radius 2 is 1.91 bits per heavy atom. The van der Waals surface area contributed by atoms with Crippen LogP contribution in [0, 0.1) is 29.4 Å². The third kappa shape index (κ3) is 5.13. The van der Waals surface area contributed by atoms with Crippen LogP contribution in [0.15, 0.2) is 76.6 Å². The lowest BCUT2D eigenvalue weighted by molar-refractivity contribution is -0.384. The molecule has 9 nitrogen and oxygen atoms in total. The number of carbonyl (C=O) groups excluding carboxylic acids is 1. The molecule has 3 aromatic carbocycles. The number of nitrogens with one attached hydrogen (secondary N) is 1. The monoisotopic (exact) mass is 506 g/mol. The zero-order valence-corrected chi connectivity index (χ0v) is 20.0. The van der Waals surface area contributed by atoms with Crippen molar-refractivity contribution in [1.82, 2.24) is 4.57 Å². The Balaban J connectivity index is 1.69. The van der Waals surface area contributed by atoms with Gasteiger partial charge in [-0.25, -0.2) is 8.42 Å². The highest BCUT2D eigenvalue weighted by Crippen LogP contribution is 2.23. The summed E-state index contributed by atoms with van der Waals surface area (Å²) in [4.78, 5) is 28.1. The van der Waals surface area contributed by atoms with Crippen molar-refractivity contribution in [2.24, 2.45) is 4.99 Å². The molecule has 0 saturated carbocycles. The van der Waals surface area contributed by atoms with Crippen LogP contribution in [-0.4, -0.2) is 23.8 Å². The second-order valence-corrected chi connectivity index (χ2v) is 10.2. The number of amides is 1. The van der Waals surface area contributed by atoms with Gasteiger partial charge in [0.2, 0.25) is 0 Å². The summed E-state index contributed by atoms with van der Waals surface area (Å²) in [5.41, 5.74) is 1.82. The van der Waals surface area contributed by atoms with Crippen LogP contribution in [-0.2, 0) is 16.6 Å². The number of sulfonamides is 1. The molecule has 0 atom stereocenters. The highest BCUT2D eigenvalue weighted by atomic mass is 32.2. The fraction of sp³-hybridized carbons (Fsp3) is 0.0833. The molecule has 4 aromatic rings. The molecule has 0 spiro atoms. The quantitative estimate of drug-likeness (QED) is 0.240. The number of fused-ring (bicyclic) bond motifs is 1. The molecule has 35 heavy (non-hydrogen) atoms. The van der Waals surface area contributed by atoms with E-state index < -0.39 is 20.9 Å². The zero-order chi connectivity index (χ0) is 25.2. The van der Waals surface area contributed by atoms with Crippen LogP contribution in [0.5, 0.6) is 0 Å². The second-order valence-electron chi connectivity index (χ2n) is 7.50. The van der Waals surface area contributed by atoms with E-state index in [-0.39, 0.29) is 33.2 Å². The normalized spacial score (nSPS) is 11.8. The first-order valence-corrected chi connectivity index (χ1v) is 12.5. The van der Waals surface area contributed by atoms with Crippen LogP contribution in [0.4, 0.5) is 11.4 Å². The van der Waals surface area contributed by atoms with Gasteiger partial charge < -0.3 is 4.57 Å². The summed E-state index contributed by atoms with van der Waals surface area (Å²) in [5, 5.41) is 11.1. The van der Waals surface area contributed by atoms with Crippen LogP contribution >= 0.6 is 11.3 Å². The van der Waals surface area contributed by atoms with Gasteiger partial charge in [-0.2, -0.15) is 4.99 Å². The molecular weight excluding hydrogens is 488 g/mol. The van der Waals surface area contributed by atoms with Crippen LogP contribution in [0.2, 0.25) is 0 Å². The summed E-state index contributed by atoms with van der Waals surface area (Å²) >= 11 is 1.09. The number of thiazole rings is 1. The van der Waals surface area contributed by atoms with Gasteiger partial charge in [0.15, 0.2) is 4.80 Å². The van der Waals surface area contributed by atoms with Crippen molar-refractivity contribution in [1.29, 1.82) is 0 Å². The molecule has 0 aliphatic rings. The number of hydrogen-bond donors (Lipinski definition) is 1. The number of rotatable bonds is 6. The lowest BCUT2D eigenvalue weighted by Crippen LogP contribution is -2.17. The smallest absolute Gasteiger partial charge is 0.279 e. The van der Waals surface area contributed by atoms with Crippen LogP contribution in [0.1, 0.15) is 15.9 Å². The lowest BCUT2D eigenvalue weighted by Gasteiger charge is -2.09. The maximum absolute atomic E-state index is 12.9. The standard InChI is InChI=1S/C24H18N4O5S2/c1-3-13-27-21-12-9-19(28(30)31)15-22(21)34-24(27)25-23(29)17-5-4-6-18(14-17)26-35(32,33)20-10-7-16(2)8-11-20/h1,4-12,14-15,26H,13H2,2H3. The second kappa shape index (κ2) is 9.54. The number of aromatic nitrogens is 1. The Morgan fingerprint density at radius 1 is 1.17 bits per heavy atom. The number of aryl methyl sites for hydroxylation is 1. The number of non-ortho nitro benzene ring substituents is 1. The summed E-state index contributed by atoms with van der Waals surface area (Å²) < 4.78 is 30.0. The number of terminal acetylenes is 1. The van der Waals surface area contributed by atoms with E-state index in [4.69, 9.17) is 6.42 Å². The van der Waals surface area contributed by atoms with Crippen molar-refractivity contribution in [2.75, 3.05) is 4.72 Å². The summed E-state index contributed by atoms with van der Waals surface area (Å²) in [6.07, 6.45) is 5.47. The minimum Gasteiger partial charge on any atom is -0.305 e. The number of nitrogens with zero attached hydrogens (tertiary/aromatic N) is 3. The summed E-state index contributed by atoms with van der Waals surface area (Å²) in [5.74, 6) is 1.88. The van der Waals surface area contributed by atoms with E-state index in [9.17, 15) is 23.3 Å². The van der Waals surface area contributed by atoms with E-state index in [1.807, 2.05) is 6.92 Å². The van der Waals surface area contributed by atoms with E-state index in [2.05, 4.69) is 15.6 Å². The number of hydrogen-bond acceptors (Lipinski definition) is 6. The highest BCUT2D eigenvalue weighted by molar-refractivity contribution is 7.92. The zero-order valence-electron chi connectivity index (χ0n) is 18.3. The molecule has 0 unspecified atom stereocenters. The van der Waals surface area contributed by atoms with Gasteiger partial charge in [0, 0.05) is 23.4 Å². The molecule has 0 bridgehead atoms. The van der Waals surface area contributed by atoms with Crippen LogP contribution in [0.25, 0.3) is 10.2 Å². The van der Waals surface area contributed by atoms with Crippen molar-refractivity contribution in [2.45, 2.75) is 18.4 Å². The van der Waals surface area contributed by atoms with Gasteiger partial charge in [-0.15, -0.1) is 6.42 Å². The lowest BCUT2D eigenvalue weighted by atomic mass is 10.2. The number of nitro benzene ring substituents is 1. The van der Waals surface area contributed by atoms with Crippen molar-refractivity contribution < 1.29 is 18.1 Å². The summed E-state index contributed by atoms with van der Waals surface area (Å²) in [6.45, 7) is 1.97. The predicted molar refractivity (Wildman–Crippen MR) is 134 cm³/mol. The average molecular weight is 507 g/mol. The van der Waals surface area contributed by atoms with Gasteiger partial charge in [0.25, 0.3) is 21.6 Å². The van der Waals surface area contributed by atoms with Gasteiger partial charge in [0.05, 0.1) is 26.6 Å².